The van der Waals surface area contributed by atoms with Crippen molar-refractivity contribution < 1.29 is 4.79 Å². The molecule has 2 heterocycles. The van der Waals surface area contributed by atoms with Crippen LogP contribution >= 0.6 is 24.8 Å². The number of aromatic nitrogens is 2. The Labute approximate surface area is 144 Å². The smallest absolute Gasteiger partial charge is 0.226 e. The summed E-state index contributed by atoms with van der Waals surface area (Å²) in [5, 5.41) is 4.24. The summed E-state index contributed by atoms with van der Waals surface area (Å²) in [6, 6.07) is 0.423. The second-order valence-corrected chi connectivity index (χ2v) is 6.26. The van der Waals surface area contributed by atoms with Crippen molar-refractivity contribution in [1.29, 1.82) is 0 Å². The van der Waals surface area contributed by atoms with E-state index in [0.717, 1.165) is 45.1 Å². The van der Waals surface area contributed by atoms with Gasteiger partial charge < -0.3 is 10.6 Å². The molecule has 1 saturated carbocycles. The molecule has 0 spiro atoms. The van der Waals surface area contributed by atoms with Crippen molar-refractivity contribution in [2.45, 2.75) is 50.6 Å². The van der Waals surface area contributed by atoms with Crippen LogP contribution in [-0.2, 0) is 11.8 Å². The lowest BCUT2D eigenvalue weighted by Gasteiger charge is -2.32. The quantitative estimate of drug-likeness (QED) is 0.892. The third-order valence-electron chi connectivity index (χ3n) is 4.71. The van der Waals surface area contributed by atoms with Gasteiger partial charge in [0.05, 0.1) is 12.2 Å². The highest BCUT2D eigenvalue weighted by Gasteiger charge is 2.35. The van der Waals surface area contributed by atoms with E-state index in [2.05, 4.69) is 10.00 Å². The highest BCUT2D eigenvalue weighted by Crippen LogP contribution is 2.35. The summed E-state index contributed by atoms with van der Waals surface area (Å²) >= 11 is 0. The molecule has 3 unspecified atom stereocenters. The summed E-state index contributed by atoms with van der Waals surface area (Å²) < 4.78 is 1.81. The van der Waals surface area contributed by atoms with Crippen LogP contribution in [0.25, 0.3) is 0 Å². The van der Waals surface area contributed by atoms with Crippen LogP contribution in [0.2, 0.25) is 0 Å². The minimum atomic E-state index is 0. The second-order valence-electron chi connectivity index (χ2n) is 6.26. The molecule has 1 amide bonds. The minimum absolute atomic E-state index is 0. The Morgan fingerprint density at radius 3 is 2.68 bits per heavy atom. The van der Waals surface area contributed by atoms with Crippen LogP contribution in [0.15, 0.2) is 12.4 Å². The van der Waals surface area contributed by atoms with Crippen LogP contribution in [0, 0.1) is 5.92 Å². The van der Waals surface area contributed by atoms with E-state index in [-0.39, 0.29) is 42.8 Å². The number of hydrogen-bond donors (Lipinski definition) is 1. The maximum absolute atomic E-state index is 12.8. The van der Waals surface area contributed by atoms with Crippen molar-refractivity contribution in [3.63, 3.8) is 0 Å². The van der Waals surface area contributed by atoms with Gasteiger partial charge >= 0.3 is 0 Å². The van der Waals surface area contributed by atoms with E-state index in [4.69, 9.17) is 5.73 Å². The third-order valence-corrected chi connectivity index (χ3v) is 4.71. The first-order valence-corrected chi connectivity index (χ1v) is 7.70. The Morgan fingerprint density at radius 1 is 1.27 bits per heavy atom. The molecule has 3 atom stereocenters. The lowest BCUT2D eigenvalue weighted by molar-refractivity contribution is -0.137. The summed E-state index contributed by atoms with van der Waals surface area (Å²) in [5.41, 5.74) is 7.19. The van der Waals surface area contributed by atoms with Crippen LogP contribution in [0.1, 0.15) is 50.1 Å². The van der Waals surface area contributed by atoms with Gasteiger partial charge in [0.25, 0.3) is 0 Å². The Bertz CT molecular complexity index is 494. The number of amides is 1. The number of aryl methyl sites for hydroxylation is 1. The fourth-order valence-corrected chi connectivity index (χ4v) is 3.68. The van der Waals surface area contributed by atoms with Crippen molar-refractivity contribution in [3.8, 4) is 0 Å². The van der Waals surface area contributed by atoms with E-state index in [0.29, 0.717) is 5.91 Å². The van der Waals surface area contributed by atoms with E-state index in [1.165, 1.54) is 5.56 Å². The van der Waals surface area contributed by atoms with Gasteiger partial charge in [0.2, 0.25) is 5.91 Å². The number of rotatable bonds is 2. The van der Waals surface area contributed by atoms with E-state index in [9.17, 15) is 4.79 Å². The Morgan fingerprint density at radius 2 is 2.05 bits per heavy atom. The van der Waals surface area contributed by atoms with Gasteiger partial charge in [-0.25, -0.2) is 0 Å². The van der Waals surface area contributed by atoms with E-state index >= 15 is 0 Å². The van der Waals surface area contributed by atoms with Gasteiger partial charge in [-0.1, -0.05) is 6.42 Å². The molecule has 0 radical (unpaired) electrons. The van der Waals surface area contributed by atoms with E-state index in [1.54, 1.807) is 0 Å². The lowest BCUT2D eigenvalue weighted by atomic mass is 9.85. The highest BCUT2D eigenvalue weighted by molar-refractivity contribution is 5.85. The molecule has 3 rings (SSSR count). The summed E-state index contributed by atoms with van der Waals surface area (Å²) in [7, 11) is 1.92. The number of carbonyl (C=O) groups excluding carboxylic acids is 1. The minimum Gasteiger partial charge on any atom is -0.335 e. The lowest BCUT2D eigenvalue weighted by Crippen LogP contribution is -2.40. The standard InChI is InChI=1S/C15H24N4O.2ClH/c1-18-10-12(9-17-18)14-6-3-7-19(14)15(20)11-4-2-5-13(16)8-11;;/h9-11,13-14H,2-8,16H2,1H3;2*1H. The van der Waals surface area contributed by atoms with Crippen molar-refractivity contribution >= 4 is 30.7 Å². The Kier molecular flexibility index (Phi) is 7.16. The van der Waals surface area contributed by atoms with E-state index < -0.39 is 0 Å². The van der Waals surface area contributed by atoms with Gasteiger partial charge in [-0.2, -0.15) is 5.10 Å². The molecule has 0 aromatic carbocycles. The molecule has 1 aromatic rings. The molecular formula is C15H26Cl2N4O. The van der Waals surface area contributed by atoms with Gasteiger partial charge in [0.1, 0.15) is 0 Å². The number of halogens is 2. The summed E-state index contributed by atoms with van der Waals surface area (Å²) in [6.45, 7) is 0.879. The Hall–Kier alpha value is -0.780. The topological polar surface area (TPSA) is 64.2 Å². The molecule has 2 fully saturated rings. The van der Waals surface area contributed by atoms with Crippen LogP contribution in [0.3, 0.4) is 0 Å². The number of nitrogens with two attached hydrogens (primary N) is 1. The van der Waals surface area contributed by atoms with Gasteiger partial charge in [-0.05, 0) is 32.1 Å². The fourth-order valence-electron chi connectivity index (χ4n) is 3.68. The monoisotopic (exact) mass is 348 g/mol. The average molecular weight is 349 g/mol. The molecule has 0 bridgehead atoms. The molecule has 1 aliphatic heterocycles. The van der Waals surface area contributed by atoms with Crippen LogP contribution in [0.5, 0.6) is 0 Å². The molecule has 7 heteroatoms. The number of nitrogens with zero attached hydrogens (tertiary/aromatic N) is 3. The summed E-state index contributed by atoms with van der Waals surface area (Å²) in [4.78, 5) is 14.8. The fraction of sp³-hybridized carbons (Fsp3) is 0.733. The maximum atomic E-state index is 12.8. The summed E-state index contributed by atoms with van der Waals surface area (Å²) in [6.07, 6.45) is 10.1. The first-order chi connectivity index (χ1) is 9.65. The first-order valence-electron chi connectivity index (χ1n) is 7.70. The van der Waals surface area contributed by atoms with Crippen molar-refractivity contribution in [2.75, 3.05) is 6.54 Å². The van der Waals surface area contributed by atoms with Gasteiger partial charge in [-0.15, -0.1) is 24.8 Å². The SMILES string of the molecule is Cl.Cl.Cn1cc(C2CCCN2C(=O)C2CCCC(N)C2)cn1. The maximum Gasteiger partial charge on any atom is 0.226 e. The van der Waals surface area contributed by atoms with Crippen molar-refractivity contribution in [2.24, 2.45) is 18.7 Å². The number of carbonyl (C=O) groups is 1. The second kappa shape index (κ2) is 8.18. The average Bonchev–Trinajstić information content (AvgIpc) is 3.06. The predicted molar refractivity (Wildman–Crippen MR) is 91.3 cm³/mol. The van der Waals surface area contributed by atoms with Crippen molar-refractivity contribution in [3.05, 3.63) is 18.0 Å². The zero-order chi connectivity index (χ0) is 14.1. The molecule has 22 heavy (non-hydrogen) atoms. The molecule has 1 aromatic heterocycles. The highest BCUT2D eigenvalue weighted by atomic mass is 35.5. The van der Waals surface area contributed by atoms with Gasteiger partial charge in [0, 0.05) is 37.3 Å². The van der Waals surface area contributed by atoms with Crippen LogP contribution in [-0.4, -0.2) is 33.2 Å². The predicted octanol–water partition coefficient (Wildman–Crippen LogP) is 2.44. The molecule has 2 aliphatic rings. The molecule has 2 N–H and O–H groups in total. The Balaban J connectivity index is 0.00000121. The van der Waals surface area contributed by atoms with E-state index in [1.807, 2.05) is 24.1 Å². The largest absolute Gasteiger partial charge is 0.335 e. The van der Waals surface area contributed by atoms with Crippen molar-refractivity contribution in [1.82, 2.24) is 14.7 Å². The first kappa shape index (κ1) is 19.3. The molecule has 1 saturated heterocycles. The molecule has 126 valence electrons. The molecule has 1 aliphatic carbocycles. The zero-order valence-electron chi connectivity index (χ0n) is 13.0. The third kappa shape index (κ3) is 3.94. The summed E-state index contributed by atoms with van der Waals surface area (Å²) in [5.74, 6) is 0.447. The number of likely N-dealkylation sites (tertiary alicyclic amines) is 1. The van der Waals surface area contributed by atoms with Crippen LogP contribution in [0.4, 0.5) is 0 Å². The number of hydrogen-bond acceptors (Lipinski definition) is 3. The normalized spacial score (nSPS) is 27.9. The van der Waals surface area contributed by atoms with Gasteiger partial charge in [-0.3, -0.25) is 9.48 Å². The zero-order valence-corrected chi connectivity index (χ0v) is 14.6. The van der Waals surface area contributed by atoms with Gasteiger partial charge in [0.15, 0.2) is 0 Å². The molecular weight excluding hydrogens is 323 g/mol. The van der Waals surface area contributed by atoms with Crippen LogP contribution < -0.4 is 5.73 Å². The molecule has 5 nitrogen and oxygen atoms in total.